The standard InChI is InChI=1S/C17H26FN3O3/c1-17(18,16(19)24)10-9-13(15(23)21-20)11-14(22)8-7-12-5-3-2-4-6-12/h2-6,13-14,22H,7-11,20H2,1H3,(H2,19,24)(H,21,23)/t13-,14+,17?/m1/s1. The first-order valence-electron chi connectivity index (χ1n) is 7.97. The van der Waals surface area contributed by atoms with E-state index < -0.39 is 29.5 Å². The number of aliphatic hydroxyl groups excluding tert-OH is 1. The van der Waals surface area contributed by atoms with Crippen LogP contribution in [-0.2, 0) is 16.0 Å². The number of halogens is 1. The number of primary amides is 1. The van der Waals surface area contributed by atoms with Crippen molar-refractivity contribution < 1.29 is 19.1 Å². The van der Waals surface area contributed by atoms with Gasteiger partial charge in [0.15, 0.2) is 5.67 Å². The molecule has 3 atom stereocenters. The third-order valence-electron chi connectivity index (χ3n) is 4.15. The maximum Gasteiger partial charge on any atom is 0.254 e. The number of nitrogens with one attached hydrogen (secondary N) is 1. The second-order valence-corrected chi connectivity index (χ2v) is 6.22. The van der Waals surface area contributed by atoms with Crippen molar-refractivity contribution in [3.63, 3.8) is 0 Å². The number of aliphatic hydroxyl groups is 1. The molecular formula is C17H26FN3O3. The molecule has 0 bridgehead atoms. The van der Waals surface area contributed by atoms with E-state index in [0.717, 1.165) is 12.5 Å². The smallest absolute Gasteiger partial charge is 0.254 e. The molecular weight excluding hydrogens is 313 g/mol. The highest BCUT2D eigenvalue weighted by Crippen LogP contribution is 2.24. The van der Waals surface area contributed by atoms with Crippen molar-refractivity contribution in [1.82, 2.24) is 5.43 Å². The van der Waals surface area contributed by atoms with Crippen LogP contribution in [0.4, 0.5) is 4.39 Å². The highest BCUT2D eigenvalue weighted by Gasteiger charge is 2.33. The van der Waals surface area contributed by atoms with E-state index >= 15 is 0 Å². The topological polar surface area (TPSA) is 118 Å². The van der Waals surface area contributed by atoms with E-state index in [-0.39, 0.29) is 19.3 Å². The summed E-state index contributed by atoms with van der Waals surface area (Å²) in [5.41, 5.74) is 5.90. The van der Waals surface area contributed by atoms with Gasteiger partial charge in [-0.15, -0.1) is 0 Å². The van der Waals surface area contributed by atoms with Crippen molar-refractivity contribution >= 4 is 11.8 Å². The van der Waals surface area contributed by atoms with Gasteiger partial charge in [-0.3, -0.25) is 15.0 Å². The summed E-state index contributed by atoms with van der Waals surface area (Å²) >= 11 is 0. The fourth-order valence-electron chi connectivity index (χ4n) is 2.47. The minimum Gasteiger partial charge on any atom is -0.393 e. The second-order valence-electron chi connectivity index (χ2n) is 6.22. The summed E-state index contributed by atoms with van der Waals surface area (Å²) in [6.45, 7) is 1.08. The van der Waals surface area contributed by atoms with E-state index in [0.29, 0.717) is 12.8 Å². The highest BCUT2D eigenvalue weighted by atomic mass is 19.1. The zero-order chi connectivity index (χ0) is 18.2. The molecule has 0 aliphatic heterocycles. The molecule has 1 unspecified atom stereocenters. The number of carbonyl (C=O) groups is 2. The van der Waals surface area contributed by atoms with Gasteiger partial charge in [-0.2, -0.15) is 0 Å². The quantitative estimate of drug-likeness (QED) is 0.288. The summed E-state index contributed by atoms with van der Waals surface area (Å²) in [6.07, 6.45) is 0.423. The van der Waals surface area contributed by atoms with Crippen LogP contribution in [0.3, 0.4) is 0 Å². The molecule has 2 amide bonds. The zero-order valence-corrected chi connectivity index (χ0v) is 13.9. The van der Waals surface area contributed by atoms with Gasteiger partial charge in [0.05, 0.1) is 6.10 Å². The Bertz CT molecular complexity index is 537. The summed E-state index contributed by atoms with van der Waals surface area (Å²) in [5.74, 6) is 2.90. The van der Waals surface area contributed by atoms with Crippen LogP contribution < -0.4 is 17.0 Å². The van der Waals surface area contributed by atoms with Gasteiger partial charge in [0, 0.05) is 5.92 Å². The fourth-order valence-corrected chi connectivity index (χ4v) is 2.47. The first-order valence-corrected chi connectivity index (χ1v) is 7.97. The maximum absolute atomic E-state index is 13.9. The van der Waals surface area contributed by atoms with Gasteiger partial charge in [0.25, 0.3) is 5.91 Å². The third kappa shape index (κ3) is 6.64. The van der Waals surface area contributed by atoms with E-state index in [1.165, 1.54) is 0 Å². The molecule has 1 aromatic carbocycles. The molecule has 24 heavy (non-hydrogen) atoms. The van der Waals surface area contributed by atoms with Crippen LogP contribution in [0.5, 0.6) is 0 Å². The average Bonchev–Trinajstić information content (AvgIpc) is 2.56. The van der Waals surface area contributed by atoms with Crippen LogP contribution >= 0.6 is 0 Å². The lowest BCUT2D eigenvalue weighted by Gasteiger charge is -2.22. The third-order valence-corrected chi connectivity index (χ3v) is 4.15. The molecule has 0 aliphatic carbocycles. The summed E-state index contributed by atoms with van der Waals surface area (Å²) in [4.78, 5) is 22.8. The van der Waals surface area contributed by atoms with Crippen molar-refractivity contribution in [2.45, 2.75) is 50.8 Å². The summed E-state index contributed by atoms with van der Waals surface area (Å²) in [5, 5.41) is 10.2. The molecule has 134 valence electrons. The lowest BCUT2D eigenvalue weighted by molar-refractivity contribution is -0.131. The Labute approximate surface area is 141 Å². The molecule has 0 radical (unpaired) electrons. The number of alkyl halides is 1. The Morgan fingerprint density at radius 1 is 1.29 bits per heavy atom. The van der Waals surface area contributed by atoms with Crippen LogP contribution in [0.1, 0.15) is 38.2 Å². The summed E-state index contributed by atoms with van der Waals surface area (Å²) in [6, 6.07) is 9.65. The van der Waals surface area contributed by atoms with Gasteiger partial charge in [0.2, 0.25) is 5.91 Å². The maximum atomic E-state index is 13.9. The van der Waals surface area contributed by atoms with Gasteiger partial charge in [0.1, 0.15) is 0 Å². The van der Waals surface area contributed by atoms with Crippen molar-refractivity contribution in [2.75, 3.05) is 0 Å². The molecule has 1 rings (SSSR count). The Morgan fingerprint density at radius 3 is 2.46 bits per heavy atom. The molecule has 7 heteroatoms. The highest BCUT2D eigenvalue weighted by molar-refractivity contribution is 5.83. The molecule has 0 saturated carbocycles. The van der Waals surface area contributed by atoms with Crippen LogP contribution in [-0.4, -0.2) is 28.7 Å². The molecule has 0 saturated heterocycles. The molecule has 6 nitrogen and oxygen atoms in total. The number of hydrazine groups is 1. The van der Waals surface area contributed by atoms with Gasteiger partial charge in [-0.05, 0) is 44.6 Å². The molecule has 0 heterocycles. The first-order chi connectivity index (χ1) is 11.3. The normalized spacial score (nSPS) is 16.0. The van der Waals surface area contributed by atoms with Crippen LogP contribution in [0.15, 0.2) is 30.3 Å². The number of hydrogen-bond acceptors (Lipinski definition) is 4. The second kappa shape index (κ2) is 9.34. The SMILES string of the molecule is CC(F)(CC[C@H](C[C@@H](O)CCc1ccccc1)C(=O)NN)C(N)=O. The molecule has 6 N–H and O–H groups in total. The lowest BCUT2D eigenvalue weighted by Crippen LogP contribution is -2.40. The molecule has 0 aliphatic rings. The minimum absolute atomic E-state index is 0.0708. The Morgan fingerprint density at radius 2 is 1.92 bits per heavy atom. The van der Waals surface area contributed by atoms with Crippen molar-refractivity contribution in [1.29, 1.82) is 0 Å². The predicted octanol–water partition coefficient (Wildman–Crippen LogP) is 0.970. The van der Waals surface area contributed by atoms with E-state index in [1.54, 1.807) is 0 Å². The first kappa shape index (κ1) is 20.1. The fraction of sp³-hybridized carbons (Fsp3) is 0.529. The number of amides is 2. The number of nitrogens with two attached hydrogens (primary N) is 2. The van der Waals surface area contributed by atoms with E-state index in [1.807, 2.05) is 35.8 Å². The van der Waals surface area contributed by atoms with Crippen LogP contribution in [0, 0.1) is 5.92 Å². The van der Waals surface area contributed by atoms with Gasteiger partial charge < -0.3 is 10.8 Å². The van der Waals surface area contributed by atoms with Crippen molar-refractivity contribution in [2.24, 2.45) is 17.5 Å². The number of aryl methyl sites for hydroxylation is 1. The van der Waals surface area contributed by atoms with Gasteiger partial charge in [-0.25, -0.2) is 10.2 Å². The van der Waals surface area contributed by atoms with Crippen LogP contribution in [0.25, 0.3) is 0 Å². The molecule has 0 aromatic heterocycles. The van der Waals surface area contributed by atoms with Gasteiger partial charge in [-0.1, -0.05) is 30.3 Å². The average molecular weight is 339 g/mol. The number of hydrogen-bond donors (Lipinski definition) is 4. The molecule has 1 aromatic rings. The molecule has 0 fully saturated rings. The number of rotatable bonds is 10. The Hall–Kier alpha value is -1.99. The van der Waals surface area contributed by atoms with E-state index in [2.05, 4.69) is 0 Å². The molecule has 0 spiro atoms. The Kier molecular flexibility index (Phi) is 7.81. The predicted molar refractivity (Wildman–Crippen MR) is 89.1 cm³/mol. The minimum atomic E-state index is -2.19. The van der Waals surface area contributed by atoms with E-state index in [4.69, 9.17) is 11.6 Å². The Balaban J connectivity index is 2.55. The van der Waals surface area contributed by atoms with Gasteiger partial charge >= 0.3 is 0 Å². The number of benzene rings is 1. The monoisotopic (exact) mass is 339 g/mol. The summed E-state index contributed by atoms with van der Waals surface area (Å²) < 4.78 is 13.9. The zero-order valence-electron chi connectivity index (χ0n) is 13.9. The number of carbonyl (C=O) groups excluding carboxylic acids is 2. The van der Waals surface area contributed by atoms with Crippen LogP contribution in [0.2, 0.25) is 0 Å². The van der Waals surface area contributed by atoms with Crippen molar-refractivity contribution in [3.8, 4) is 0 Å². The van der Waals surface area contributed by atoms with E-state index in [9.17, 15) is 19.1 Å². The van der Waals surface area contributed by atoms with Crippen molar-refractivity contribution in [3.05, 3.63) is 35.9 Å². The largest absolute Gasteiger partial charge is 0.393 e. The lowest BCUT2D eigenvalue weighted by atomic mass is 9.89. The summed E-state index contributed by atoms with van der Waals surface area (Å²) in [7, 11) is 0.